The Morgan fingerprint density at radius 2 is 1.88 bits per heavy atom. The predicted molar refractivity (Wildman–Crippen MR) is 74.3 cm³/mol. The van der Waals surface area contributed by atoms with E-state index in [0.29, 0.717) is 6.04 Å². The summed E-state index contributed by atoms with van der Waals surface area (Å²) in [7, 11) is 0. The van der Waals surface area contributed by atoms with Gasteiger partial charge in [0.25, 0.3) is 0 Å². The van der Waals surface area contributed by atoms with Crippen molar-refractivity contribution in [1.82, 2.24) is 9.88 Å². The van der Waals surface area contributed by atoms with Gasteiger partial charge in [-0.3, -0.25) is 4.98 Å². The fourth-order valence-electron chi connectivity index (χ4n) is 1.97. The van der Waals surface area contributed by atoms with Crippen molar-refractivity contribution in [3.8, 4) is 0 Å². The summed E-state index contributed by atoms with van der Waals surface area (Å²) in [5.41, 5.74) is 1.16. The summed E-state index contributed by atoms with van der Waals surface area (Å²) in [5, 5.41) is 3.49. The molecule has 0 radical (unpaired) electrons. The Morgan fingerprint density at radius 1 is 1.24 bits per heavy atom. The van der Waals surface area contributed by atoms with Crippen LogP contribution in [0.4, 0.5) is 5.69 Å². The van der Waals surface area contributed by atoms with Crippen molar-refractivity contribution in [2.24, 2.45) is 0 Å². The van der Waals surface area contributed by atoms with Crippen molar-refractivity contribution in [3.05, 3.63) is 24.5 Å². The standard InChI is InChI=1S/C14H25N3/c1-4-17(5-2)12-6-7-13(3)16-14-8-10-15-11-9-14/h8-11,13H,4-7,12H2,1-3H3,(H,15,16)/t13-/m0/s1. The number of aromatic nitrogens is 1. The molecule has 3 nitrogen and oxygen atoms in total. The maximum atomic E-state index is 4.01. The number of nitrogens with one attached hydrogen (secondary N) is 1. The first-order chi connectivity index (χ1) is 8.26. The average Bonchev–Trinajstić information content (AvgIpc) is 2.36. The number of nitrogens with zero attached hydrogens (tertiary/aromatic N) is 2. The highest BCUT2D eigenvalue weighted by molar-refractivity contribution is 5.41. The van der Waals surface area contributed by atoms with Gasteiger partial charge in [0.15, 0.2) is 0 Å². The molecule has 3 heteroatoms. The number of hydrogen-bond acceptors (Lipinski definition) is 3. The van der Waals surface area contributed by atoms with Gasteiger partial charge < -0.3 is 10.2 Å². The molecular weight excluding hydrogens is 210 g/mol. The molecule has 1 heterocycles. The van der Waals surface area contributed by atoms with Gasteiger partial charge in [-0.2, -0.15) is 0 Å². The van der Waals surface area contributed by atoms with Crippen LogP contribution in [0.3, 0.4) is 0 Å². The number of pyridine rings is 1. The third kappa shape index (κ3) is 5.68. The van der Waals surface area contributed by atoms with Gasteiger partial charge in [-0.05, 0) is 51.5 Å². The van der Waals surface area contributed by atoms with Crippen LogP contribution in [0.15, 0.2) is 24.5 Å². The summed E-state index contributed by atoms with van der Waals surface area (Å²) in [6.45, 7) is 10.2. The van der Waals surface area contributed by atoms with E-state index in [0.717, 1.165) is 18.8 Å². The van der Waals surface area contributed by atoms with Crippen molar-refractivity contribution >= 4 is 5.69 Å². The second-order valence-corrected chi connectivity index (χ2v) is 4.45. The van der Waals surface area contributed by atoms with Crippen LogP contribution in [-0.2, 0) is 0 Å². The molecule has 0 aliphatic carbocycles. The molecule has 0 bridgehead atoms. The zero-order chi connectivity index (χ0) is 12.5. The minimum absolute atomic E-state index is 0.521. The summed E-state index contributed by atoms with van der Waals surface area (Å²) >= 11 is 0. The third-order valence-corrected chi connectivity index (χ3v) is 3.10. The van der Waals surface area contributed by atoms with E-state index >= 15 is 0 Å². The Kier molecular flexibility index (Phi) is 6.63. The molecule has 0 aliphatic heterocycles. The van der Waals surface area contributed by atoms with Crippen LogP contribution in [-0.4, -0.2) is 35.6 Å². The molecule has 96 valence electrons. The van der Waals surface area contributed by atoms with Crippen molar-refractivity contribution in [2.45, 2.75) is 39.7 Å². The first-order valence-corrected chi connectivity index (χ1v) is 6.65. The van der Waals surface area contributed by atoms with Gasteiger partial charge in [0.1, 0.15) is 0 Å². The van der Waals surface area contributed by atoms with E-state index in [2.05, 4.69) is 36.0 Å². The van der Waals surface area contributed by atoms with Crippen molar-refractivity contribution < 1.29 is 0 Å². The smallest absolute Gasteiger partial charge is 0.0373 e. The molecule has 0 amide bonds. The summed E-state index contributed by atoms with van der Waals surface area (Å²) < 4.78 is 0. The average molecular weight is 235 g/mol. The molecule has 1 aromatic rings. The lowest BCUT2D eigenvalue weighted by Gasteiger charge is -2.20. The summed E-state index contributed by atoms with van der Waals surface area (Å²) in [6.07, 6.45) is 6.11. The van der Waals surface area contributed by atoms with E-state index < -0.39 is 0 Å². The highest BCUT2D eigenvalue weighted by Crippen LogP contribution is 2.09. The Hall–Kier alpha value is -1.09. The molecule has 1 N–H and O–H groups in total. The summed E-state index contributed by atoms with van der Waals surface area (Å²) in [4.78, 5) is 6.48. The maximum Gasteiger partial charge on any atom is 0.0373 e. The van der Waals surface area contributed by atoms with Crippen molar-refractivity contribution in [3.63, 3.8) is 0 Å². The molecule has 0 spiro atoms. The molecule has 0 aliphatic rings. The summed E-state index contributed by atoms with van der Waals surface area (Å²) in [6, 6.07) is 4.55. The molecule has 1 rings (SSSR count). The SMILES string of the molecule is CCN(CC)CCC[C@H](C)Nc1ccncc1. The largest absolute Gasteiger partial charge is 0.383 e. The maximum absolute atomic E-state index is 4.01. The van der Waals surface area contributed by atoms with Crippen LogP contribution in [0.25, 0.3) is 0 Å². The Bertz CT molecular complexity index is 283. The van der Waals surface area contributed by atoms with Gasteiger partial charge in [0.2, 0.25) is 0 Å². The Labute approximate surface area is 105 Å². The van der Waals surface area contributed by atoms with E-state index in [-0.39, 0.29) is 0 Å². The molecular formula is C14H25N3. The van der Waals surface area contributed by atoms with Crippen LogP contribution in [0, 0.1) is 0 Å². The van der Waals surface area contributed by atoms with Crippen LogP contribution < -0.4 is 5.32 Å². The Balaban J connectivity index is 2.19. The van der Waals surface area contributed by atoms with E-state index in [9.17, 15) is 0 Å². The molecule has 17 heavy (non-hydrogen) atoms. The lowest BCUT2D eigenvalue weighted by molar-refractivity contribution is 0.295. The predicted octanol–water partition coefficient (Wildman–Crippen LogP) is 3.00. The Morgan fingerprint density at radius 3 is 2.47 bits per heavy atom. The van der Waals surface area contributed by atoms with Gasteiger partial charge >= 0.3 is 0 Å². The number of hydrogen-bond donors (Lipinski definition) is 1. The van der Waals surface area contributed by atoms with Crippen LogP contribution in [0.1, 0.15) is 33.6 Å². The minimum atomic E-state index is 0.521. The first kappa shape index (κ1) is 14.0. The zero-order valence-corrected chi connectivity index (χ0v) is 11.3. The molecule has 0 aromatic carbocycles. The van der Waals surface area contributed by atoms with Gasteiger partial charge in [0.05, 0.1) is 0 Å². The highest BCUT2D eigenvalue weighted by Gasteiger charge is 2.03. The molecule has 0 saturated carbocycles. The monoisotopic (exact) mass is 235 g/mol. The van der Waals surface area contributed by atoms with Crippen LogP contribution in [0.2, 0.25) is 0 Å². The summed E-state index contributed by atoms with van der Waals surface area (Å²) in [5.74, 6) is 0. The molecule has 1 atom stereocenters. The van der Waals surface area contributed by atoms with E-state index in [1.165, 1.54) is 19.4 Å². The minimum Gasteiger partial charge on any atom is -0.383 e. The lowest BCUT2D eigenvalue weighted by atomic mass is 10.1. The number of anilines is 1. The topological polar surface area (TPSA) is 28.2 Å². The fraction of sp³-hybridized carbons (Fsp3) is 0.643. The van der Waals surface area contributed by atoms with Crippen LogP contribution in [0.5, 0.6) is 0 Å². The number of rotatable bonds is 8. The molecule has 0 unspecified atom stereocenters. The van der Waals surface area contributed by atoms with E-state index in [1.54, 1.807) is 0 Å². The van der Waals surface area contributed by atoms with E-state index in [1.807, 2.05) is 24.5 Å². The normalized spacial score (nSPS) is 12.7. The van der Waals surface area contributed by atoms with Gasteiger partial charge in [-0.1, -0.05) is 13.8 Å². The van der Waals surface area contributed by atoms with Crippen molar-refractivity contribution in [1.29, 1.82) is 0 Å². The van der Waals surface area contributed by atoms with Gasteiger partial charge in [-0.15, -0.1) is 0 Å². The second kappa shape index (κ2) is 8.07. The van der Waals surface area contributed by atoms with Gasteiger partial charge in [-0.25, -0.2) is 0 Å². The van der Waals surface area contributed by atoms with Gasteiger partial charge in [0, 0.05) is 24.1 Å². The molecule has 0 saturated heterocycles. The third-order valence-electron chi connectivity index (χ3n) is 3.10. The van der Waals surface area contributed by atoms with Crippen molar-refractivity contribution in [2.75, 3.05) is 25.0 Å². The highest BCUT2D eigenvalue weighted by atomic mass is 15.1. The fourth-order valence-corrected chi connectivity index (χ4v) is 1.97. The zero-order valence-electron chi connectivity index (χ0n) is 11.3. The lowest BCUT2D eigenvalue weighted by Crippen LogP contribution is -2.25. The van der Waals surface area contributed by atoms with Crippen LogP contribution >= 0.6 is 0 Å². The molecule has 1 aromatic heterocycles. The second-order valence-electron chi connectivity index (χ2n) is 4.45. The van der Waals surface area contributed by atoms with E-state index in [4.69, 9.17) is 0 Å². The molecule has 0 fully saturated rings. The quantitative estimate of drug-likeness (QED) is 0.751. The first-order valence-electron chi connectivity index (χ1n) is 6.65.